The van der Waals surface area contributed by atoms with Crippen molar-refractivity contribution in [1.29, 1.82) is 0 Å². The molecule has 1 fully saturated rings. The van der Waals surface area contributed by atoms with E-state index >= 15 is 0 Å². The first kappa shape index (κ1) is 16.7. The number of carbonyl (C=O) groups is 1. The number of morpholine rings is 1. The number of amides is 1. The second-order valence-corrected chi connectivity index (χ2v) is 6.31. The van der Waals surface area contributed by atoms with Crippen LogP contribution in [0.2, 0.25) is 0 Å². The van der Waals surface area contributed by atoms with Gasteiger partial charge in [0, 0.05) is 27.2 Å². The molecular weight excluding hydrogens is 300 g/mol. The van der Waals surface area contributed by atoms with Crippen LogP contribution in [0.15, 0.2) is 60.7 Å². The van der Waals surface area contributed by atoms with Crippen molar-refractivity contribution in [2.45, 2.75) is 12.1 Å². The number of hydrogen-bond donors (Lipinski definition) is 0. The Morgan fingerprint density at radius 3 is 2.33 bits per heavy atom. The summed E-state index contributed by atoms with van der Waals surface area (Å²) in [5.74, 6) is 0.106. The minimum absolute atomic E-state index is 0.00104. The summed E-state index contributed by atoms with van der Waals surface area (Å²) in [5, 5.41) is 0. The van der Waals surface area contributed by atoms with Crippen molar-refractivity contribution in [3.8, 4) is 0 Å². The Hall–Kier alpha value is -2.17. The van der Waals surface area contributed by atoms with Gasteiger partial charge in [0.05, 0.1) is 12.7 Å². The van der Waals surface area contributed by atoms with Crippen LogP contribution in [0.4, 0.5) is 0 Å². The normalized spacial score (nSPS) is 19.7. The maximum atomic E-state index is 12.8. The van der Waals surface area contributed by atoms with Gasteiger partial charge in [0.1, 0.15) is 6.04 Å². The van der Waals surface area contributed by atoms with E-state index in [2.05, 4.69) is 17.0 Å². The second kappa shape index (κ2) is 7.60. The van der Waals surface area contributed by atoms with Crippen molar-refractivity contribution in [2.24, 2.45) is 0 Å². The van der Waals surface area contributed by atoms with E-state index in [-0.39, 0.29) is 18.1 Å². The summed E-state index contributed by atoms with van der Waals surface area (Å²) < 4.78 is 5.95. The fourth-order valence-electron chi connectivity index (χ4n) is 3.16. The minimum atomic E-state index is -0.267. The highest BCUT2D eigenvalue weighted by Crippen LogP contribution is 2.29. The van der Waals surface area contributed by atoms with Crippen LogP contribution in [0.5, 0.6) is 0 Å². The minimum Gasteiger partial charge on any atom is -0.371 e. The molecule has 1 saturated heterocycles. The molecule has 3 rings (SSSR count). The van der Waals surface area contributed by atoms with Crippen molar-refractivity contribution in [2.75, 3.05) is 33.8 Å². The van der Waals surface area contributed by atoms with Gasteiger partial charge in [0.2, 0.25) is 5.91 Å². The fraction of sp³-hybridized carbons (Fsp3) is 0.350. The van der Waals surface area contributed by atoms with Gasteiger partial charge in [-0.1, -0.05) is 60.7 Å². The second-order valence-electron chi connectivity index (χ2n) is 6.31. The largest absolute Gasteiger partial charge is 0.371 e. The maximum Gasteiger partial charge on any atom is 0.244 e. The Kier molecular flexibility index (Phi) is 5.28. The summed E-state index contributed by atoms with van der Waals surface area (Å²) in [6, 6.07) is 20.0. The summed E-state index contributed by atoms with van der Waals surface area (Å²) in [6.07, 6.45) is 0.00104. The first-order valence-electron chi connectivity index (χ1n) is 8.33. The van der Waals surface area contributed by atoms with Crippen LogP contribution >= 0.6 is 0 Å². The number of ether oxygens (including phenoxy) is 1. The molecule has 1 aliphatic heterocycles. The SMILES string of the molecule is CN(C)C(=O)C(c1ccccc1)N1CCOC(c2ccccc2)C1. The molecule has 0 bridgehead atoms. The lowest BCUT2D eigenvalue weighted by Gasteiger charge is -2.38. The average molecular weight is 324 g/mol. The highest BCUT2D eigenvalue weighted by atomic mass is 16.5. The predicted molar refractivity (Wildman–Crippen MR) is 94.6 cm³/mol. The Labute approximate surface area is 143 Å². The van der Waals surface area contributed by atoms with Crippen molar-refractivity contribution < 1.29 is 9.53 Å². The predicted octanol–water partition coefficient (Wildman–Crippen LogP) is 2.89. The number of hydrogen-bond acceptors (Lipinski definition) is 3. The van der Waals surface area contributed by atoms with Crippen molar-refractivity contribution in [3.05, 3.63) is 71.8 Å². The fourth-order valence-corrected chi connectivity index (χ4v) is 3.16. The van der Waals surface area contributed by atoms with Crippen molar-refractivity contribution in [3.63, 3.8) is 0 Å². The van der Waals surface area contributed by atoms with Gasteiger partial charge in [-0.25, -0.2) is 0 Å². The summed E-state index contributed by atoms with van der Waals surface area (Å²) in [7, 11) is 3.63. The van der Waals surface area contributed by atoms with E-state index in [9.17, 15) is 4.79 Å². The van der Waals surface area contributed by atoms with Crippen LogP contribution in [0, 0.1) is 0 Å². The van der Waals surface area contributed by atoms with Crippen LogP contribution in [-0.2, 0) is 9.53 Å². The molecule has 0 aliphatic carbocycles. The Balaban J connectivity index is 1.86. The van der Waals surface area contributed by atoms with E-state index in [1.165, 1.54) is 0 Å². The highest BCUT2D eigenvalue weighted by Gasteiger charge is 2.33. The van der Waals surface area contributed by atoms with Gasteiger partial charge in [-0.05, 0) is 11.1 Å². The van der Waals surface area contributed by atoms with E-state index in [1.54, 1.807) is 4.90 Å². The molecule has 126 valence electrons. The zero-order valence-electron chi connectivity index (χ0n) is 14.3. The van der Waals surface area contributed by atoms with Gasteiger partial charge in [0.25, 0.3) is 0 Å². The monoisotopic (exact) mass is 324 g/mol. The third-order valence-corrected chi connectivity index (χ3v) is 4.42. The Bertz CT molecular complexity index is 658. The van der Waals surface area contributed by atoms with Crippen molar-refractivity contribution in [1.82, 2.24) is 9.80 Å². The number of carbonyl (C=O) groups excluding carboxylic acids is 1. The van der Waals surface area contributed by atoms with E-state index in [0.29, 0.717) is 13.2 Å². The van der Waals surface area contributed by atoms with E-state index < -0.39 is 0 Å². The number of likely N-dealkylation sites (N-methyl/N-ethyl adjacent to an activating group) is 1. The van der Waals surface area contributed by atoms with Crippen LogP contribution in [0.25, 0.3) is 0 Å². The molecule has 0 radical (unpaired) electrons. The lowest BCUT2D eigenvalue weighted by molar-refractivity contribution is -0.138. The zero-order valence-corrected chi connectivity index (χ0v) is 14.3. The molecule has 2 aromatic carbocycles. The van der Waals surface area contributed by atoms with Gasteiger partial charge in [-0.3, -0.25) is 9.69 Å². The molecule has 2 unspecified atom stereocenters. The molecule has 0 N–H and O–H groups in total. The molecule has 4 heteroatoms. The number of nitrogens with zero attached hydrogens (tertiary/aromatic N) is 2. The third kappa shape index (κ3) is 3.66. The topological polar surface area (TPSA) is 32.8 Å². The molecule has 4 nitrogen and oxygen atoms in total. The third-order valence-electron chi connectivity index (χ3n) is 4.42. The van der Waals surface area contributed by atoms with E-state index in [4.69, 9.17) is 4.74 Å². The lowest BCUT2D eigenvalue weighted by atomic mass is 10.0. The summed E-state index contributed by atoms with van der Waals surface area (Å²) in [6.45, 7) is 2.09. The van der Waals surface area contributed by atoms with Gasteiger partial charge in [0.15, 0.2) is 0 Å². The van der Waals surface area contributed by atoms with Gasteiger partial charge < -0.3 is 9.64 Å². The molecule has 1 amide bonds. The molecular formula is C20H24N2O2. The summed E-state index contributed by atoms with van der Waals surface area (Å²) in [4.78, 5) is 16.7. The first-order valence-corrected chi connectivity index (χ1v) is 8.33. The molecule has 0 aromatic heterocycles. The molecule has 2 atom stereocenters. The van der Waals surface area contributed by atoms with Crippen LogP contribution in [-0.4, -0.2) is 49.5 Å². The van der Waals surface area contributed by atoms with Crippen LogP contribution < -0.4 is 0 Å². The quantitative estimate of drug-likeness (QED) is 0.867. The lowest BCUT2D eigenvalue weighted by Crippen LogP contribution is -2.46. The van der Waals surface area contributed by atoms with Gasteiger partial charge in [-0.15, -0.1) is 0 Å². The first-order chi connectivity index (χ1) is 11.7. The molecule has 2 aromatic rings. The zero-order chi connectivity index (χ0) is 16.9. The molecule has 24 heavy (non-hydrogen) atoms. The molecule has 0 spiro atoms. The van der Waals surface area contributed by atoms with Crippen LogP contribution in [0.1, 0.15) is 23.3 Å². The molecule has 0 saturated carbocycles. The molecule has 1 aliphatic rings. The Morgan fingerprint density at radius 2 is 1.71 bits per heavy atom. The number of rotatable bonds is 4. The van der Waals surface area contributed by atoms with E-state index in [0.717, 1.165) is 17.7 Å². The standard InChI is InChI=1S/C20H24N2O2/c1-21(2)20(23)19(17-11-7-4-8-12-17)22-13-14-24-18(15-22)16-9-5-3-6-10-16/h3-12,18-19H,13-15H2,1-2H3. The summed E-state index contributed by atoms with van der Waals surface area (Å²) in [5.41, 5.74) is 2.19. The molecule has 1 heterocycles. The van der Waals surface area contributed by atoms with Gasteiger partial charge >= 0.3 is 0 Å². The maximum absolute atomic E-state index is 12.8. The van der Waals surface area contributed by atoms with Crippen molar-refractivity contribution >= 4 is 5.91 Å². The highest BCUT2D eigenvalue weighted by molar-refractivity contribution is 5.82. The number of benzene rings is 2. The smallest absolute Gasteiger partial charge is 0.244 e. The summed E-state index contributed by atoms with van der Waals surface area (Å²) >= 11 is 0. The Morgan fingerprint density at radius 1 is 1.08 bits per heavy atom. The average Bonchev–Trinajstić information content (AvgIpc) is 2.64. The van der Waals surface area contributed by atoms with Crippen LogP contribution in [0.3, 0.4) is 0 Å². The van der Waals surface area contributed by atoms with Gasteiger partial charge in [-0.2, -0.15) is 0 Å². The van der Waals surface area contributed by atoms with E-state index in [1.807, 2.05) is 62.6 Å².